The van der Waals surface area contributed by atoms with Crippen molar-refractivity contribution in [3.05, 3.63) is 64.2 Å². The van der Waals surface area contributed by atoms with Gasteiger partial charge in [-0.2, -0.15) is 0 Å². The van der Waals surface area contributed by atoms with E-state index in [-0.39, 0.29) is 12.1 Å². The van der Waals surface area contributed by atoms with Crippen LogP contribution in [-0.2, 0) is 4.79 Å². The Labute approximate surface area is 136 Å². The molecule has 0 bridgehead atoms. The Bertz CT molecular complexity index is 766. The first kappa shape index (κ1) is 16.9. The van der Waals surface area contributed by atoms with E-state index in [1.54, 1.807) is 25.1 Å². The maximum atomic E-state index is 13.1. The molecule has 0 saturated carbocycles. The Morgan fingerprint density at radius 2 is 1.87 bits per heavy atom. The molecule has 2 rings (SSSR count). The van der Waals surface area contributed by atoms with Crippen LogP contribution in [0.5, 0.6) is 0 Å². The molecule has 0 aliphatic carbocycles. The van der Waals surface area contributed by atoms with Crippen molar-refractivity contribution >= 4 is 29.1 Å². The van der Waals surface area contributed by atoms with Crippen molar-refractivity contribution in [1.82, 2.24) is 5.32 Å². The van der Waals surface area contributed by atoms with Crippen LogP contribution < -0.4 is 10.6 Å². The molecule has 7 heteroatoms. The lowest BCUT2D eigenvalue weighted by Crippen LogP contribution is -2.33. The third-order valence-electron chi connectivity index (χ3n) is 3.13. The van der Waals surface area contributed by atoms with Gasteiger partial charge in [0.05, 0.1) is 6.54 Å². The lowest BCUT2D eigenvalue weighted by molar-refractivity contribution is -0.115. The fraction of sp³-hybridized carbons (Fsp3) is 0.125. The van der Waals surface area contributed by atoms with Gasteiger partial charge in [-0.25, -0.2) is 8.78 Å². The highest BCUT2D eigenvalue weighted by Gasteiger charge is 2.12. The second-order valence-electron chi connectivity index (χ2n) is 4.77. The number of hydrogen-bond donors (Lipinski definition) is 2. The number of amides is 2. The number of hydrogen-bond acceptors (Lipinski definition) is 2. The largest absolute Gasteiger partial charge is 0.343 e. The van der Waals surface area contributed by atoms with Crippen LogP contribution in [0.2, 0.25) is 5.02 Å². The number of carbonyl (C=O) groups is 2. The Balaban J connectivity index is 1.94. The molecule has 0 aliphatic heterocycles. The van der Waals surface area contributed by atoms with Gasteiger partial charge in [0.15, 0.2) is 11.6 Å². The average molecular weight is 339 g/mol. The highest BCUT2D eigenvalue weighted by Crippen LogP contribution is 2.22. The molecule has 0 unspecified atom stereocenters. The summed E-state index contributed by atoms with van der Waals surface area (Å²) in [6, 6.07) is 7.80. The minimum Gasteiger partial charge on any atom is -0.343 e. The second-order valence-corrected chi connectivity index (χ2v) is 5.18. The zero-order valence-electron chi connectivity index (χ0n) is 12.1. The molecule has 2 amide bonds. The topological polar surface area (TPSA) is 58.2 Å². The van der Waals surface area contributed by atoms with E-state index in [9.17, 15) is 18.4 Å². The third kappa shape index (κ3) is 4.26. The van der Waals surface area contributed by atoms with E-state index in [1.807, 2.05) is 0 Å². The number of carbonyl (C=O) groups excluding carboxylic acids is 2. The van der Waals surface area contributed by atoms with Gasteiger partial charge < -0.3 is 10.6 Å². The van der Waals surface area contributed by atoms with E-state index in [0.29, 0.717) is 16.3 Å². The molecule has 0 heterocycles. The number of rotatable bonds is 4. The van der Waals surface area contributed by atoms with Gasteiger partial charge in [-0.05, 0) is 42.8 Å². The monoisotopic (exact) mass is 338 g/mol. The molecule has 120 valence electrons. The second kappa shape index (κ2) is 7.19. The average Bonchev–Trinajstić information content (AvgIpc) is 2.52. The lowest BCUT2D eigenvalue weighted by Gasteiger charge is -2.10. The summed E-state index contributed by atoms with van der Waals surface area (Å²) in [5, 5.41) is 5.44. The molecule has 0 spiro atoms. The molecule has 2 N–H and O–H groups in total. The molecule has 23 heavy (non-hydrogen) atoms. The van der Waals surface area contributed by atoms with Crippen LogP contribution in [0.25, 0.3) is 0 Å². The SMILES string of the molecule is Cc1c(Cl)cccc1NC(=O)CNC(=O)c1ccc(F)c(F)c1. The van der Waals surface area contributed by atoms with E-state index in [1.165, 1.54) is 0 Å². The Morgan fingerprint density at radius 1 is 1.13 bits per heavy atom. The normalized spacial score (nSPS) is 10.3. The van der Waals surface area contributed by atoms with E-state index in [2.05, 4.69) is 10.6 Å². The first-order valence-corrected chi connectivity index (χ1v) is 7.04. The van der Waals surface area contributed by atoms with Crippen molar-refractivity contribution in [3.63, 3.8) is 0 Å². The van der Waals surface area contributed by atoms with Gasteiger partial charge in [0.25, 0.3) is 5.91 Å². The first-order valence-electron chi connectivity index (χ1n) is 6.66. The van der Waals surface area contributed by atoms with Crippen LogP contribution in [0, 0.1) is 18.6 Å². The van der Waals surface area contributed by atoms with E-state index < -0.39 is 23.4 Å². The van der Waals surface area contributed by atoms with E-state index >= 15 is 0 Å². The molecule has 0 fully saturated rings. The smallest absolute Gasteiger partial charge is 0.251 e. The molecular formula is C16H13ClF2N2O2. The highest BCUT2D eigenvalue weighted by atomic mass is 35.5. The van der Waals surface area contributed by atoms with Crippen LogP contribution in [0.4, 0.5) is 14.5 Å². The van der Waals surface area contributed by atoms with Gasteiger partial charge in [-0.1, -0.05) is 17.7 Å². The standard InChI is InChI=1S/C16H13ClF2N2O2/c1-9-11(17)3-2-4-14(9)21-15(22)8-20-16(23)10-5-6-12(18)13(19)7-10/h2-7H,8H2,1H3,(H,20,23)(H,21,22). The van der Waals surface area contributed by atoms with Crippen molar-refractivity contribution in [2.45, 2.75) is 6.92 Å². The molecule has 0 aliphatic rings. The molecular weight excluding hydrogens is 326 g/mol. The predicted molar refractivity (Wildman–Crippen MR) is 83.5 cm³/mol. The van der Waals surface area contributed by atoms with E-state index in [0.717, 1.165) is 18.2 Å². The quantitative estimate of drug-likeness (QED) is 0.898. The summed E-state index contributed by atoms with van der Waals surface area (Å²) in [5.74, 6) is -3.32. The van der Waals surface area contributed by atoms with Crippen LogP contribution in [0.15, 0.2) is 36.4 Å². The van der Waals surface area contributed by atoms with Crippen LogP contribution in [-0.4, -0.2) is 18.4 Å². The van der Waals surface area contributed by atoms with Gasteiger partial charge in [0.1, 0.15) is 0 Å². The van der Waals surface area contributed by atoms with Crippen LogP contribution in [0.1, 0.15) is 15.9 Å². The molecule has 2 aromatic rings. The third-order valence-corrected chi connectivity index (χ3v) is 3.54. The molecule has 0 aromatic heterocycles. The summed E-state index contributed by atoms with van der Waals surface area (Å²) >= 11 is 5.95. The van der Waals surface area contributed by atoms with Gasteiger partial charge in [0.2, 0.25) is 5.91 Å². The molecule has 0 radical (unpaired) electrons. The number of anilines is 1. The molecule has 2 aromatic carbocycles. The Kier molecular flexibility index (Phi) is 5.28. The molecule has 4 nitrogen and oxygen atoms in total. The van der Waals surface area contributed by atoms with Gasteiger partial charge in [-0.3, -0.25) is 9.59 Å². The summed E-state index contributed by atoms with van der Waals surface area (Å²) < 4.78 is 25.9. The molecule has 0 saturated heterocycles. The summed E-state index contributed by atoms with van der Waals surface area (Å²) in [5.41, 5.74) is 1.16. The van der Waals surface area contributed by atoms with E-state index in [4.69, 9.17) is 11.6 Å². The maximum Gasteiger partial charge on any atom is 0.251 e. The number of halogens is 3. The predicted octanol–water partition coefficient (Wildman–Crippen LogP) is 3.30. The van der Waals surface area contributed by atoms with Crippen molar-refractivity contribution in [1.29, 1.82) is 0 Å². The first-order chi connectivity index (χ1) is 10.9. The van der Waals surface area contributed by atoms with Crippen molar-refractivity contribution in [2.75, 3.05) is 11.9 Å². The zero-order valence-corrected chi connectivity index (χ0v) is 12.9. The Morgan fingerprint density at radius 3 is 2.57 bits per heavy atom. The van der Waals surface area contributed by atoms with Gasteiger partial charge in [-0.15, -0.1) is 0 Å². The summed E-state index contributed by atoms with van der Waals surface area (Å²) in [4.78, 5) is 23.6. The van der Waals surface area contributed by atoms with Crippen molar-refractivity contribution in [2.24, 2.45) is 0 Å². The fourth-order valence-corrected chi connectivity index (χ4v) is 2.01. The maximum absolute atomic E-state index is 13.1. The highest BCUT2D eigenvalue weighted by molar-refractivity contribution is 6.31. The van der Waals surface area contributed by atoms with Crippen LogP contribution >= 0.6 is 11.6 Å². The fourth-order valence-electron chi connectivity index (χ4n) is 1.84. The molecule has 0 atom stereocenters. The number of nitrogens with one attached hydrogen (secondary N) is 2. The van der Waals surface area contributed by atoms with Crippen molar-refractivity contribution < 1.29 is 18.4 Å². The van der Waals surface area contributed by atoms with Crippen molar-refractivity contribution in [3.8, 4) is 0 Å². The minimum atomic E-state index is -1.13. The summed E-state index contributed by atoms with van der Waals surface area (Å²) in [7, 11) is 0. The zero-order chi connectivity index (χ0) is 17.0. The van der Waals surface area contributed by atoms with Crippen LogP contribution in [0.3, 0.4) is 0 Å². The summed E-state index contributed by atoms with van der Waals surface area (Å²) in [6.07, 6.45) is 0. The lowest BCUT2D eigenvalue weighted by atomic mass is 10.2. The summed E-state index contributed by atoms with van der Waals surface area (Å²) in [6.45, 7) is 1.43. The number of benzene rings is 2. The van der Waals surface area contributed by atoms with Gasteiger partial charge >= 0.3 is 0 Å². The Hall–Kier alpha value is -2.47. The minimum absolute atomic E-state index is 0.0735. The van der Waals surface area contributed by atoms with Gasteiger partial charge in [0, 0.05) is 16.3 Å².